The van der Waals surface area contributed by atoms with Gasteiger partial charge < -0.3 is 16.2 Å². The standard InChI is InChI=1S/C13H15ClN4O/c1-8-3-2-4-9(5-8)10(19)7-16-12-6-11(14)17-13(15)18-12/h2-6,10,19H,7H2,1H3,(H3,15,16,17,18). The zero-order valence-corrected chi connectivity index (χ0v) is 11.2. The Morgan fingerprint density at radius 2 is 2.16 bits per heavy atom. The Morgan fingerprint density at radius 3 is 2.84 bits per heavy atom. The highest BCUT2D eigenvalue weighted by atomic mass is 35.5. The summed E-state index contributed by atoms with van der Waals surface area (Å²) in [6, 6.07) is 9.26. The maximum Gasteiger partial charge on any atom is 0.223 e. The normalized spacial score (nSPS) is 12.2. The summed E-state index contributed by atoms with van der Waals surface area (Å²) in [7, 11) is 0. The van der Waals surface area contributed by atoms with Crippen molar-refractivity contribution in [2.24, 2.45) is 0 Å². The molecular weight excluding hydrogens is 264 g/mol. The van der Waals surface area contributed by atoms with Crippen LogP contribution in [0.15, 0.2) is 30.3 Å². The van der Waals surface area contributed by atoms with Gasteiger partial charge >= 0.3 is 0 Å². The molecule has 6 heteroatoms. The Morgan fingerprint density at radius 1 is 1.37 bits per heavy atom. The summed E-state index contributed by atoms with van der Waals surface area (Å²) in [5.41, 5.74) is 7.44. The van der Waals surface area contributed by atoms with E-state index in [9.17, 15) is 5.11 Å². The maximum absolute atomic E-state index is 10.1. The number of benzene rings is 1. The third-order valence-electron chi connectivity index (χ3n) is 2.62. The molecule has 0 saturated carbocycles. The van der Waals surface area contributed by atoms with Crippen molar-refractivity contribution in [1.29, 1.82) is 0 Å². The minimum atomic E-state index is -0.630. The van der Waals surface area contributed by atoms with Crippen LogP contribution in [0.1, 0.15) is 17.2 Å². The molecule has 0 aliphatic rings. The molecule has 100 valence electrons. The van der Waals surface area contributed by atoms with Gasteiger partial charge in [-0.05, 0) is 12.5 Å². The number of rotatable bonds is 4. The summed E-state index contributed by atoms with van der Waals surface area (Å²) in [4.78, 5) is 7.74. The van der Waals surface area contributed by atoms with Crippen molar-refractivity contribution in [2.75, 3.05) is 17.6 Å². The molecule has 4 N–H and O–H groups in total. The van der Waals surface area contributed by atoms with Crippen LogP contribution in [0.2, 0.25) is 5.15 Å². The second-order valence-corrected chi connectivity index (χ2v) is 4.63. The highest BCUT2D eigenvalue weighted by Gasteiger charge is 2.08. The molecule has 1 atom stereocenters. The van der Waals surface area contributed by atoms with Crippen LogP contribution in [-0.2, 0) is 0 Å². The van der Waals surface area contributed by atoms with Crippen LogP contribution in [0, 0.1) is 6.92 Å². The quantitative estimate of drug-likeness (QED) is 0.747. The lowest BCUT2D eigenvalue weighted by Crippen LogP contribution is -2.13. The third kappa shape index (κ3) is 3.81. The molecule has 0 bridgehead atoms. The summed E-state index contributed by atoms with van der Waals surface area (Å²) in [6.07, 6.45) is -0.630. The fourth-order valence-electron chi connectivity index (χ4n) is 1.72. The number of aliphatic hydroxyl groups excluding tert-OH is 1. The van der Waals surface area contributed by atoms with Gasteiger partial charge in [0.1, 0.15) is 11.0 Å². The predicted octanol–water partition coefficient (Wildman–Crippen LogP) is 2.17. The topological polar surface area (TPSA) is 84.1 Å². The first-order valence-electron chi connectivity index (χ1n) is 5.83. The van der Waals surface area contributed by atoms with Gasteiger partial charge in [-0.2, -0.15) is 4.98 Å². The van der Waals surface area contributed by atoms with Crippen LogP contribution >= 0.6 is 11.6 Å². The van der Waals surface area contributed by atoms with Crippen LogP contribution in [0.5, 0.6) is 0 Å². The Kier molecular flexibility index (Phi) is 4.19. The van der Waals surface area contributed by atoms with Crippen molar-refractivity contribution in [1.82, 2.24) is 9.97 Å². The number of aliphatic hydroxyl groups is 1. The van der Waals surface area contributed by atoms with Crippen molar-refractivity contribution in [2.45, 2.75) is 13.0 Å². The van der Waals surface area contributed by atoms with E-state index in [-0.39, 0.29) is 11.1 Å². The molecule has 0 spiro atoms. The van der Waals surface area contributed by atoms with Gasteiger partial charge in [0.15, 0.2) is 0 Å². The van der Waals surface area contributed by atoms with E-state index in [0.29, 0.717) is 12.4 Å². The first-order chi connectivity index (χ1) is 9.04. The first kappa shape index (κ1) is 13.6. The summed E-state index contributed by atoms with van der Waals surface area (Å²) in [5, 5.41) is 13.3. The molecule has 0 aliphatic heterocycles. The molecule has 0 fully saturated rings. The molecule has 19 heavy (non-hydrogen) atoms. The molecule has 1 unspecified atom stereocenters. The Hall–Kier alpha value is -1.85. The van der Waals surface area contributed by atoms with Gasteiger partial charge in [0.2, 0.25) is 5.95 Å². The van der Waals surface area contributed by atoms with Crippen LogP contribution in [-0.4, -0.2) is 21.6 Å². The molecule has 0 aliphatic carbocycles. The molecule has 2 rings (SSSR count). The Bertz CT molecular complexity index is 556. The summed E-state index contributed by atoms with van der Waals surface area (Å²) in [6.45, 7) is 2.30. The first-order valence-corrected chi connectivity index (χ1v) is 6.21. The van der Waals surface area contributed by atoms with Crippen LogP contribution < -0.4 is 11.1 Å². The minimum absolute atomic E-state index is 0.0973. The third-order valence-corrected chi connectivity index (χ3v) is 2.81. The Balaban J connectivity index is 2.02. The highest BCUT2D eigenvalue weighted by Crippen LogP contribution is 2.17. The zero-order valence-electron chi connectivity index (χ0n) is 10.5. The number of anilines is 2. The van der Waals surface area contributed by atoms with Gasteiger partial charge in [-0.25, -0.2) is 4.98 Å². The van der Waals surface area contributed by atoms with E-state index in [0.717, 1.165) is 11.1 Å². The van der Waals surface area contributed by atoms with Crippen molar-refractivity contribution in [3.05, 3.63) is 46.6 Å². The van der Waals surface area contributed by atoms with E-state index in [1.165, 1.54) is 0 Å². The second kappa shape index (κ2) is 5.86. The van der Waals surface area contributed by atoms with Crippen LogP contribution in [0.3, 0.4) is 0 Å². The van der Waals surface area contributed by atoms with Gasteiger partial charge in [-0.15, -0.1) is 0 Å². The number of aromatic nitrogens is 2. The number of nitrogens with one attached hydrogen (secondary N) is 1. The molecule has 1 heterocycles. The van der Waals surface area contributed by atoms with E-state index < -0.39 is 6.10 Å². The smallest absolute Gasteiger partial charge is 0.223 e. The van der Waals surface area contributed by atoms with Gasteiger partial charge in [0, 0.05) is 12.6 Å². The van der Waals surface area contributed by atoms with Crippen molar-refractivity contribution < 1.29 is 5.11 Å². The van der Waals surface area contributed by atoms with E-state index in [2.05, 4.69) is 15.3 Å². The molecule has 0 saturated heterocycles. The maximum atomic E-state index is 10.1. The molecule has 0 amide bonds. The van der Waals surface area contributed by atoms with Gasteiger partial charge in [-0.3, -0.25) is 0 Å². The fourth-order valence-corrected chi connectivity index (χ4v) is 1.91. The number of nitrogens with zero attached hydrogens (tertiary/aromatic N) is 2. The summed E-state index contributed by atoms with van der Waals surface area (Å²) in [5.74, 6) is 0.587. The predicted molar refractivity (Wildman–Crippen MR) is 76.1 cm³/mol. The average Bonchev–Trinajstić information content (AvgIpc) is 2.35. The molecule has 1 aromatic heterocycles. The van der Waals surface area contributed by atoms with Crippen molar-refractivity contribution >= 4 is 23.4 Å². The summed E-state index contributed by atoms with van der Waals surface area (Å²) < 4.78 is 0. The van der Waals surface area contributed by atoms with Gasteiger partial charge in [0.25, 0.3) is 0 Å². The minimum Gasteiger partial charge on any atom is -0.387 e. The monoisotopic (exact) mass is 278 g/mol. The number of aryl methyl sites for hydroxylation is 1. The fraction of sp³-hybridized carbons (Fsp3) is 0.231. The average molecular weight is 279 g/mol. The van der Waals surface area contributed by atoms with Crippen molar-refractivity contribution in [3.8, 4) is 0 Å². The van der Waals surface area contributed by atoms with E-state index in [1.807, 2.05) is 31.2 Å². The molecule has 1 aromatic carbocycles. The van der Waals surface area contributed by atoms with Crippen LogP contribution in [0.4, 0.5) is 11.8 Å². The lowest BCUT2D eigenvalue weighted by atomic mass is 10.1. The Labute approximate surface area is 116 Å². The van der Waals surface area contributed by atoms with Gasteiger partial charge in [0.05, 0.1) is 6.10 Å². The van der Waals surface area contributed by atoms with Crippen molar-refractivity contribution in [3.63, 3.8) is 0 Å². The lowest BCUT2D eigenvalue weighted by molar-refractivity contribution is 0.191. The van der Waals surface area contributed by atoms with E-state index >= 15 is 0 Å². The van der Waals surface area contributed by atoms with E-state index in [4.69, 9.17) is 17.3 Å². The molecule has 5 nitrogen and oxygen atoms in total. The summed E-state index contributed by atoms with van der Waals surface area (Å²) >= 11 is 5.77. The number of halogens is 1. The lowest BCUT2D eigenvalue weighted by Gasteiger charge is -2.13. The number of hydrogen-bond acceptors (Lipinski definition) is 5. The second-order valence-electron chi connectivity index (χ2n) is 4.24. The number of hydrogen-bond donors (Lipinski definition) is 3. The molecule has 0 radical (unpaired) electrons. The van der Waals surface area contributed by atoms with E-state index in [1.54, 1.807) is 6.07 Å². The number of nitrogens with two attached hydrogens (primary N) is 1. The van der Waals surface area contributed by atoms with Crippen LogP contribution in [0.25, 0.3) is 0 Å². The SMILES string of the molecule is Cc1cccc(C(O)CNc2cc(Cl)nc(N)n2)c1. The largest absolute Gasteiger partial charge is 0.387 e. The van der Waals surface area contributed by atoms with Gasteiger partial charge in [-0.1, -0.05) is 41.4 Å². The zero-order chi connectivity index (χ0) is 13.8. The molecule has 2 aromatic rings. The number of nitrogen functional groups attached to an aromatic ring is 1. The highest BCUT2D eigenvalue weighted by molar-refractivity contribution is 6.29. The molecular formula is C13H15ClN4O.